The van der Waals surface area contributed by atoms with Crippen LogP contribution in [0.25, 0.3) is 0 Å². The van der Waals surface area contributed by atoms with Crippen molar-refractivity contribution in [3.8, 4) is 17.6 Å². The molecule has 5 heteroatoms. The molecule has 0 saturated heterocycles. The number of Topliss-reactive ketones (excluding diaryl/α,β-unsaturated/α-hetero) is 1. The summed E-state index contributed by atoms with van der Waals surface area (Å²) in [4.78, 5) is 22.1. The molecule has 0 unspecified atom stereocenters. The molecule has 122 valence electrons. The van der Waals surface area contributed by atoms with Crippen LogP contribution in [0.15, 0.2) is 48.5 Å². The number of hydrogen-bond donors (Lipinski definition) is 0. The molecule has 0 heterocycles. The zero-order valence-corrected chi connectivity index (χ0v) is 13.3. The first-order valence-corrected chi connectivity index (χ1v) is 7.64. The van der Waals surface area contributed by atoms with Crippen LogP contribution in [0.5, 0.6) is 5.75 Å². The van der Waals surface area contributed by atoms with Gasteiger partial charge in [0.1, 0.15) is 5.75 Å². The Morgan fingerprint density at radius 3 is 2.62 bits per heavy atom. The maximum atomic E-state index is 12.0. The maximum Gasteiger partial charge on any atom is 0.269 e. The van der Waals surface area contributed by atoms with E-state index in [0.717, 1.165) is 18.6 Å². The fourth-order valence-corrected chi connectivity index (χ4v) is 1.93. The average Bonchev–Trinajstić information content (AvgIpc) is 2.60. The van der Waals surface area contributed by atoms with E-state index in [0.29, 0.717) is 17.7 Å². The summed E-state index contributed by atoms with van der Waals surface area (Å²) in [6.45, 7) is 2.74. The van der Waals surface area contributed by atoms with Gasteiger partial charge in [0.2, 0.25) is 5.78 Å². The van der Waals surface area contributed by atoms with E-state index in [1.165, 1.54) is 24.3 Å². The summed E-state index contributed by atoms with van der Waals surface area (Å²) >= 11 is 0. The molecule has 24 heavy (non-hydrogen) atoms. The van der Waals surface area contributed by atoms with Gasteiger partial charge in [0, 0.05) is 23.3 Å². The topological polar surface area (TPSA) is 69.4 Å². The quantitative estimate of drug-likeness (QED) is 0.265. The highest BCUT2D eigenvalue weighted by Crippen LogP contribution is 2.14. The predicted molar refractivity (Wildman–Crippen MR) is 91.1 cm³/mol. The van der Waals surface area contributed by atoms with E-state index in [2.05, 4.69) is 18.8 Å². The zero-order valence-electron chi connectivity index (χ0n) is 13.3. The molecule has 0 aliphatic carbocycles. The van der Waals surface area contributed by atoms with E-state index in [1.807, 2.05) is 12.1 Å². The molecule has 2 rings (SSSR count). The number of carbonyl (C=O) groups is 1. The molecular weight excluding hydrogens is 306 g/mol. The van der Waals surface area contributed by atoms with Crippen molar-refractivity contribution < 1.29 is 14.5 Å². The lowest BCUT2D eigenvalue weighted by atomic mass is 10.1. The van der Waals surface area contributed by atoms with Gasteiger partial charge in [0.25, 0.3) is 5.69 Å². The average molecular weight is 323 g/mol. The van der Waals surface area contributed by atoms with Gasteiger partial charge in [0.15, 0.2) is 0 Å². The number of ketones is 1. The number of ether oxygens (including phenoxy) is 1. The summed E-state index contributed by atoms with van der Waals surface area (Å²) in [5.41, 5.74) is 0.944. The summed E-state index contributed by atoms with van der Waals surface area (Å²) in [5.74, 6) is 5.68. The molecule has 2 aromatic rings. The van der Waals surface area contributed by atoms with E-state index in [4.69, 9.17) is 4.74 Å². The van der Waals surface area contributed by atoms with E-state index >= 15 is 0 Å². The Bertz CT molecular complexity index is 785. The highest BCUT2D eigenvalue weighted by atomic mass is 16.6. The summed E-state index contributed by atoms with van der Waals surface area (Å²) < 4.78 is 5.60. The second-order valence-corrected chi connectivity index (χ2v) is 5.11. The summed E-state index contributed by atoms with van der Waals surface area (Å²) in [6, 6.07) is 12.6. The number of carbonyl (C=O) groups excluding carboxylic acids is 1. The van der Waals surface area contributed by atoms with Crippen LogP contribution in [0.3, 0.4) is 0 Å². The van der Waals surface area contributed by atoms with Gasteiger partial charge in [-0.3, -0.25) is 14.9 Å². The van der Waals surface area contributed by atoms with E-state index in [-0.39, 0.29) is 11.5 Å². The van der Waals surface area contributed by atoms with Crippen LogP contribution in [0.2, 0.25) is 0 Å². The minimum Gasteiger partial charge on any atom is -0.494 e. The molecule has 5 nitrogen and oxygen atoms in total. The van der Waals surface area contributed by atoms with Crippen molar-refractivity contribution in [3.05, 3.63) is 69.8 Å². The zero-order chi connectivity index (χ0) is 17.4. The predicted octanol–water partition coefficient (Wildman–Crippen LogP) is 4.01. The lowest BCUT2D eigenvalue weighted by Crippen LogP contribution is -1.97. The van der Waals surface area contributed by atoms with Crippen molar-refractivity contribution >= 4 is 11.5 Å². The van der Waals surface area contributed by atoms with Gasteiger partial charge in [-0.25, -0.2) is 0 Å². The van der Waals surface area contributed by atoms with Crippen LogP contribution >= 0.6 is 0 Å². The molecule has 0 aliphatic rings. The van der Waals surface area contributed by atoms with Crippen molar-refractivity contribution in [2.24, 2.45) is 0 Å². The normalized spacial score (nSPS) is 9.71. The first kappa shape index (κ1) is 17.2. The Labute approximate surface area is 140 Å². The number of hydrogen-bond acceptors (Lipinski definition) is 4. The number of rotatable bonds is 6. The molecule has 0 aromatic heterocycles. The molecule has 0 aliphatic heterocycles. The van der Waals surface area contributed by atoms with Gasteiger partial charge in [-0.2, -0.15) is 0 Å². The Morgan fingerprint density at radius 2 is 1.96 bits per heavy atom. The Hall–Kier alpha value is -3.13. The Morgan fingerprint density at radius 1 is 1.21 bits per heavy atom. The molecule has 0 amide bonds. The first-order chi connectivity index (χ1) is 11.6. The number of nitro groups is 1. The monoisotopic (exact) mass is 323 g/mol. The summed E-state index contributed by atoms with van der Waals surface area (Å²) in [6.07, 6.45) is 2.04. The van der Waals surface area contributed by atoms with Gasteiger partial charge in [-0.05, 0) is 42.7 Å². The van der Waals surface area contributed by atoms with Crippen molar-refractivity contribution in [1.82, 2.24) is 0 Å². The lowest BCUT2D eigenvalue weighted by Gasteiger charge is -2.04. The second-order valence-electron chi connectivity index (χ2n) is 5.11. The third-order valence-corrected chi connectivity index (χ3v) is 3.26. The molecule has 0 bridgehead atoms. The van der Waals surface area contributed by atoms with Crippen molar-refractivity contribution in [2.45, 2.75) is 19.8 Å². The molecule has 0 atom stereocenters. The molecule has 0 radical (unpaired) electrons. The van der Waals surface area contributed by atoms with Crippen LogP contribution < -0.4 is 4.74 Å². The van der Waals surface area contributed by atoms with Crippen molar-refractivity contribution in [1.29, 1.82) is 0 Å². The molecule has 0 fully saturated rings. The highest BCUT2D eigenvalue weighted by Gasteiger charge is 2.07. The van der Waals surface area contributed by atoms with Gasteiger partial charge in [0.05, 0.1) is 11.5 Å². The molecule has 0 spiro atoms. The first-order valence-electron chi connectivity index (χ1n) is 7.64. The lowest BCUT2D eigenvalue weighted by molar-refractivity contribution is -0.384. The molecular formula is C19H17NO4. The number of benzene rings is 2. The van der Waals surface area contributed by atoms with Gasteiger partial charge < -0.3 is 4.74 Å². The van der Waals surface area contributed by atoms with Gasteiger partial charge >= 0.3 is 0 Å². The number of non-ortho nitro benzene ring substituents is 1. The van der Waals surface area contributed by atoms with Crippen LogP contribution in [0.1, 0.15) is 35.7 Å². The number of nitro benzene ring substituents is 1. The largest absolute Gasteiger partial charge is 0.494 e. The molecule has 0 saturated carbocycles. The van der Waals surface area contributed by atoms with Crippen LogP contribution in [-0.4, -0.2) is 17.3 Å². The van der Waals surface area contributed by atoms with Gasteiger partial charge in [-0.15, -0.1) is 0 Å². The van der Waals surface area contributed by atoms with E-state index in [1.54, 1.807) is 12.1 Å². The second kappa shape index (κ2) is 8.49. The molecule has 2 aromatic carbocycles. The van der Waals surface area contributed by atoms with Crippen molar-refractivity contribution in [3.63, 3.8) is 0 Å². The van der Waals surface area contributed by atoms with E-state index in [9.17, 15) is 14.9 Å². The van der Waals surface area contributed by atoms with Gasteiger partial charge in [-0.1, -0.05) is 25.3 Å². The van der Waals surface area contributed by atoms with Crippen LogP contribution in [0.4, 0.5) is 5.69 Å². The summed E-state index contributed by atoms with van der Waals surface area (Å²) in [5, 5.41) is 10.6. The smallest absolute Gasteiger partial charge is 0.269 e. The number of nitrogens with zero attached hydrogens (tertiary/aromatic N) is 1. The van der Waals surface area contributed by atoms with E-state index < -0.39 is 4.92 Å². The number of unbranched alkanes of at least 4 members (excludes halogenated alkanes) is 1. The molecule has 0 N–H and O–H groups in total. The van der Waals surface area contributed by atoms with Crippen LogP contribution in [-0.2, 0) is 0 Å². The Balaban J connectivity index is 2.07. The standard InChI is InChI=1S/C19H17NO4/c1-2-3-13-24-18-6-4-5-15(14-18)7-12-19(21)16-8-10-17(11-9-16)20(22)23/h4-6,8-11,14H,2-3,13H2,1H3. The minimum absolute atomic E-state index is 0.0589. The third kappa shape index (κ3) is 4.96. The fraction of sp³-hybridized carbons (Fsp3) is 0.211. The third-order valence-electron chi connectivity index (χ3n) is 3.26. The minimum atomic E-state index is -0.510. The fourth-order valence-electron chi connectivity index (χ4n) is 1.93. The SMILES string of the molecule is CCCCOc1cccc(C#CC(=O)c2ccc([N+](=O)[O-])cc2)c1. The Kier molecular flexibility index (Phi) is 6.09. The maximum absolute atomic E-state index is 12.0. The van der Waals surface area contributed by atoms with Crippen LogP contribution in [0, 0.1) is 22.0 Å². The highest BCUT2D eigenvalue weighted by molar-refractivity contribution is 6.09. The summed E-state index contributed by atoms with van der Waals surface area (Å²) in [7, 11) is 0. The van der Waals surface area contributed by atoms with Crippen molar-refractivity contribution in [2.75, 3.05) is 6.61 Å².